The summed E-state index contributed by atoms with van der Waals surface area (Å²) in [6.07, 6.45) is 2.17. The first-order valence-corrected chi connectivity index (χ1v) is 8.01. The number of rotatable bonds is 4. The van der Waals surface area contributed by atoms with E-state index in [0.29, 0.717) is 22.3 Å². The molecule has 1 unspecified atom stereocenters. The fourth-order valence-electron chi connectivity index (χ4n) is 2.32. The van der Waals surface area contributed by atoms with Crippen LogP contribution in [0.3, 0.4) is 0 Å². The number of pyridine rings is 1. The van der Waals surface area contributed by atoms with E-state index < -0.39 is 16.5 Å². The lowest BCUT2D eigenvalue weighted by molar-refractivity contribution is -0.140. The number of aromatic nitrogens is 3. The van der Waals surface area contributed by atoms with Crippen LogP contribution in [0, 0.1) is 6.92 Å². The standard InChI is InChI=1S/C15H19N3O4S/c1-6-9(14(20)22-5)23-11-8(2)7-16-12-10(11)13(19)18(4)15(21)17(12)3/h7,9H,6H2,1-5H3. The van der Waals surface area contributed by atoms with Gasteiger partial charge in [-0.1, -0.05) is 6.92 Å². The van der Waals surface area contributed by atoms with Crippen molar-refractivity contribution < 1.29 is 9.53 Å². The Morgan fingerprint density at radius 3 is 2.57 bits per heavy atom. The molecule has 2 rings (SSSR count). The van der Waals surface area contributed by atoms with E-state index in [0.717, 1.165) is 10.1 Å². The molecule has 0 N–H and O–H groups in total. The van der Waals surface area contributed by atoms with E-state index in [1.165, 1.54) is 30.5 Å². The minimum Gasteiger partial charge on any atom is -0.468 e. The van der Waals surface area contributed by atoms with Crippen LogP contribution >= 0.6 is 11.8 Å². The van der Waals surface area contributed by atoms with Crippen LogP contribution < -0.4 is 11.2 Å². The van der Waals surface area contributed by atoms with Crippen molar-refractivity contribution >= 4 is 28.8 Å². The fourth-order valence-corrected chi connectivity index (χ4v) is 3.50. The molecule has 124 valence electrons. The smallest absolute Gasteiger partial charge is 0.332 e. The molecule has 2 aromatic rings. The van der Waals surface area contributed by atoms with Crippen LogP contribution in [0.2, 0.25) is 0 Å². The summed E-state index contributed by atoms with van der Waals surface area (Å²) in [6, 6.07) is 0. The first-order chi connectivity index (χ1) is 10.8. The summed E-state index contributed by atoms with van der Waals surface area (Å²) < 4.78 is 7.19. The van der Waals surface area contributed by atoms with Crippen molar-refractivity contribution in [2.24, 2.45) is 14.1 Å². The highest BCUT2D eigenvalue weighted by Gasteiger charge is 2.23. The zero-order valence-corrected chi connectivity index (χ0v) is 14.6. The van der Waals surface area contributed by atoms with Gasteiger partial charge in [0.05, 0.1) is 12.5 Å². The van der Waals surface area contributed by atoms with Gasteiger partial charge in [0.15, 0.2) is 0 Å². The second-order valence-electron chi connectivity index (χ2n) is 5.21. The molecule has 1 atom stereocenters. The Morgan fingerprint density at radius 2 is 2.00 bits per heavy atom. The number of hydrogen-bond acceptors (Lipinski definition) is 6. The number of methoxy groups -OCH3 is 1. The van der Waals surface area contributed by atoms with Gasteiger partial charge in [-0.25, -0.2) is 9.78 Å². The van der Waals surface area contributed by atoms with Gasteiger partial charge >= 0.3 is 11.7 Å². The molecular weight excluding hydrogens is 318 g/mol. The molecule has 0 aromatic carbocycles. The number of carbonyl (C=O) groups is 1. The van der Waals surface area contributed by atoms with E-state index in [1.54, 1.807) is 13.2 Å². The van der Waals surface area contributed by atoms with E-state index in [4.69, 9.17) is 4.74 Å². The normalized spacial score (nSPS) is 12.4. The average Bonchev–Trinajstić information content (AvgIpc) is 2.56. The van der Waals surface area contributed by atoms with Crippen molar-refractivity contribution in [1.29, 1.82) is 0 Å². The highest BCUT2D eigenvalue weighted by molar-refractivity contribution is 8.00. The molecule has 0 spiro atoms. The summed E-state index contributed by atoms with van der Waals surface area (Å²) in [6.45, 7) is 3.70. The van der Waals surface area contributed by atoms with Gasteiger partial charge in [0.1, 0.15) is 10.9 Å². The molecule has 0 aliphatic carbocycles. The first kappa shape index (κ1) is 17.3. The van der Waals surface area contributed by atoms with E-state index in [2.05, 4.69) is 4.98 Å². The third kappa shape index (κ3) is 2.90. The number of fused-ring (bicyclic) bond motifs is 1. The molecule has 0 aliphatic rings. The maximum absolute atomic E-state index is 12.6. The molecule has 0 amide bonds. The molecular formula is C15H19N3O4S. The van der Waals surface area contributed by atoms with Gasteiger partial charge in [0, 0.05) is 25.2 Å². The SMILES string of the molecule is CCC(Sc1c(C)cnc2c1c(=O)n(C)c(=O)n2C)C(=O)OC. The van der Waals surface area contributed by atoms with Crippen LogP contribution in [0.15, 0.2) is 20.7 Å². The fraction of sp³-hybridized carbons (Fsp3) is 0.467. The predicted molar refractivity (Wildman–Crippen MR) is 88.9 cm³/mol. The molecule has 0 bridgehead atoms. The molecule has 0 fully saturated rings. The Labute approximate surface area is 137 Å². The lowest BCUT2D eigenvalue weighted by atomic mass is 10.2. The van der Waals surface area contributed by atoms with E-state index in [1.807, 2.05) is 13.8 Å². The lowest BCUT2D eigenvalue weighted by Crippen LogP contribution is -2.37. The Hall–Kier alpha value is -2.09. The topological polar surface area (TPSA) is 83.2 Å². The van der Waals surface area contributed by atoms with Gasteiger partial charge in [-0.2, -0.15) is 0 Å². The van der Waals surface area contributed by atoms with Gasteiger partial charge in [0.2, 0.25) is 0 Å². The maximum Gasteiger partial charge on any atom is 0.332 e. The van der Waals surface area contributed by atoms with Gasteiger partial charge in [0.25, 0.3) is 5.56 Å². The number of esters is 1. The summed E-state index contributed by atoms with van der Waals surface area (Å²) >= 11 is 1.27. The summed E-state index contributed by atoms with van der Waals surface area (Å²) in [5.41, 5.74) is 0.239. The molecule has 7 nitrogen and oxygen atoms in total. The van der Waals surface area contributed by atoms with E-state index in [9.17, 15) is 14.4 Å². The van der Waals surface area contributed by atoms with Crippen molar-refractivity contribution in [3.05, 3.63) is 32.6 Å². The van der Waals surface area contributed by atoms with Gasteiger partial charge in [-0.3, -0.25) is 18.7 Å². The largest absolute Gasteiger partial charge is 0.468 e. The molecule has 0 saturated heterocycles. The Morgan fingerprint density at radius 1 is 1.35 bits per heavy atom. The van der Waals surface area contributed by atoms with Crippen LogP contribution in [0.25, 0.3) is 11.0 Å². The Balaban J connectivity index is 2.78. The number of hydrogen-bond donors (Lipinski definition) is 0. The number of nitrogens with zero attached hydrogens (tertiary/aromatic N) is 3. The number of ether oxygens (including phenoxy) is 1. The Kier molecular flexibility index (Phi) is 4.93. The summed E-state index contributed by atoms with van der Waals surface area (Å²) in [5, 5.41) is -0.0757. The van der Waals surface area contributed by atoms with Gasteiger partial charge in [-0.15, -0.1) is 11.8 Å². The molecule has 0 aliphatic heterocycles. The number of aryl methyl sites for hydroxylation is 2. The highest BCUT2D eigenvalue weighted by atomic mass is 32.2. The maximum atomic E-state index is 12.6. The van der Waals surface area contributed by atoms with Crippen LogP contribution in [-0.2, 0) is 23.6 Å². The summed E-state index contributed by atoms with van der Waals surface area (Å²) in [4.78, 5) is 41.3. The third-order valence-electron chi connectivity index (χ3n) is 3.69. The van der Waals surface area contributed by atoms with Crippen molar-refractivity contribution in [2.45, 2.75) is 30.4 Å². The minimum absolute atomic E-state index is 0.311. The van der Waals surface area contributed by atoms with Crippen LogP contribution in [0.1, 0.15) is 18.9 Å². The van der Waals surface area contributed by atoms with Crippen molar-refractivity contribution in [2.75, 3.05) is 7.11 Å². The highest BCUT2D eigenvalue weighted by Crippen LogP contribution is 2.32. The van der Waals surface area contributed by atoms with Crippen molar-refractivity contribution in [1.82, 2.24) is 14.1 Å². The third-order valence-corrected chi connectivity index (χ3v) is 5.27. The number of carbonyl (C=O) groups excluding carboxylic acids is 1. The van der Waals surface area contributed by atoms with E-state index in [-0.39, 0.29) is 5.97 Å². The minimum atomic E-state index is -0.435. The van der Waals surface area contributed by atoms with Crippen LogP contribution in [-0.4, -0.2) is 32.4 Å². The lowest BCUT2D eigenvalue weighted by Gasteiger charge is -2.16. The molecule has 8 heteroatoms. The Bertz CT molecular complexity index is 885. The molecule has 23 heavy (non-hydrogen) atoms. The molecule has 0 radical (unpaired) electrons. The monoisotopic (exact) mass is 337 g/mol. The molecule has 2 aromatic heterocycles. The average molecular weight is 337 g/mol. The summed E-state index contributed by atoms with van der Waals surface area (Å²) in [5.74, 6) is -0.344. The zero-order chi connectivity index (χ0) is 17.3. The second kappa shape index (κ2) is 6.57. The quantitative estimate of drug-likeness (QED) is 0.611. The van der Waals surface area contributed by atoms with Crippen molar-refractivity contribution in [3.8, 4) is 0 Å². The molecule has 0 saturated carbocycles. The van der Waals surface area contributed by atoms with Crippen LogP contribution in [0.4, 0.5) is 0 Å². The molecule has 2 heterocycles. The predicted octanol–water partition coefficient (Wildman–Crippen LogP) is 0.984. The second-order valence-corrected chi connectivity index (χ2v) is 6.43. The van der Waals surface area contributed by atoms with Crippen molar-refractivity contribution in [3.63, 3.8) is 0 Å². The zero-order valence-electron chi connectivity index (χ0n) is 13.7. The summed E-state index contributed by atoms with van der Waals surface area (Å²) in [7, 11) is 4.34. The number of thioether (sulfide) groups is 1. The van der Waals surface area contributed by atoms with E-state index >= 15 is 0 Å². The van der Waals surface area contributed by atoms with Gasteiger partial charge < -0.3 is 4.74 Å². The van der Waals surface area contributed by atoms with Crippen LogP contribution in [0.5, 0.6) is 0 Å². The first-order valence-electron chi connectivity index (χ1n) is 7.13. The van der Waals surface area contributed by atoms with Gasteiger partial charge in [-0.05, 0) is 18.9 Å².